The third kappa shape index (κ3) is 4.10. The highest BCUT2D eigenvalue weighted by molar-refractivity contribution is 6.21. The maximum absolute atomic E-state index is 10.4. The van der Waals surface area contributed by atoms with Crippen LogP contribution < -0.4 is 0 Å². The third-order valence-corrected chi connectivity index (χ3v) is 3.83. The van der Waals surface area contributed by atoms with Gasteiger partial charge in [-0.15, -0.1) is 18.2 Å². The number of alkyl halides is 1. The van der Waals surface area contributed by atoms with Gasteiger partial charge in [0.25, 0.3) is 0 Å². The van der Waals surface area contributed by atoms with E-state index in [0.29, 0.717) is 5.92 Å². The lowest BCUT2D eigenvalue weighted by Gasteiger charge is -2.37. The molecule has 0 amide bonds. The lowest BCUT2D eigenvalue weighted by Crippen LogP contribution is -2.40. The van der Waals surface area contributed by atoms with Crippen LogP contribution in [0.3, 0.4) is 0 Å². The van der Waals surface area contributed by atoms with Gasteiger partial charge < -0.3 is 5.11 Å². The van der Waals surface area contributed by atoms with Crippen LogP contribution in [-0.2, 0) is 0 Å². The zero-order valence-electron chi connectivity index (χ0n) is 11.2. The maximum atomic E-state index is 10.4. The molecule has 0 aliphatic carbocycles. The van der Waals surface area contributed by atoms with Gasteiger partial charge in [0.2, 0.25) is 0 Å². The fraction of sp³-hybridized carbons (Fsp3) is 0.857. The number of rotatable bonds is 8. The first-order chi connectivity index (χ1) is 7.43. The molecule has 0 radical (unpaired) electrons. The topological polar surface area (TPSA) is 20.2 Å². The van der Waals surface area contributed by atoms with Crippen molar-refractivity contribution in [3.8, 4) is 0 Å². The first-order valence-corrected chi connectivity index (χ1v) is 6.82. The summed E-state index contributed by atoms with van der Waals surface area (Å²) in [4.78, 5) is 0. The van der Waals surface area contributed by atoms with E-state index in [1.165, 1.54) is 0 Å². The fourth-order valence-electron chi connectivity index (χ4n) is 2.31. The first kappa shape index (κ1) is 16.0. The van der Waals surface area contributed by atoms with Crippen LogP contribution in [0.1, 0.15) is 53.4 Å². The molecule has 0 aliphatic heterocycles. The van der Waals surface area contributed by atoms with Crippen molar-refractivity contribution in [2.45, 2.75) is 64.9 Å². The molecule has 0 rings (SSSR count). The van der Waals surface area contributed by atoms with E-state index in [-0.39, 0.29) is 10.8 Å². The zero-order chi connectivity index (χ0) is 12.8. The van der Waals surface area contributed by atoms with Crippen LogP contribution in [0.5, 0.6) is 0 Å². The van der Waals surface area contributed by atoms with Crippen molar-refractivity contribution in [3.63, 3.8) is 0 Å². The van der Waals surface area contributed by atoms with Gasteiger partial charge in [-0.2, -0.15) is 0 Å². The van der Waals surface area contributed by atoms with E-state index in [1.54, 1.807) is 0 Å². The smallest absolute Gasteiger partial charge is 0.0794 e. The van der Waals surface area contributed by atoms with Gasteiger partial charge in [0.05, 0.1) is 11.5 Å². The minimum Gasteiger partial charge on any atom is -0.391 e. The normalized spacial score (nSPS) is 19.2. The number of aliphatic hydroxyl groups excluding tert-OH is 1. The van der Waals surface area contributed by atoms with Gasteiger partial charge in [-0.25, -0.2) is 0 Å². The minimum atomic E-state index is -0.487. The van der Waals surface area contributed by atoms with E-state index in [2.05, 4.69) is 34.3 Å². The van der Waals surface area contributed by atoms with Crippen LogP contribution in [-0.4, -0.2) is 16.6 Å². The SMILES string of the molecule is C=C[C@@](CC)(CCC)C(O)C(Cl)CC(C)C. The predicted molar refractivity (Wildman–Crippen MR) is 72.9 cm³/mol. The molecule has 0 saturated heterocycles. The Morgan fingerprint density at radius 2 is 1.94 bits per heavy atom. The van der Waals surface area contributed by atoms with Gasteiger partial charge in [-0.1, -0.05) is 40.2 Å². The Hall–Kier alpha value is -0.0100. The average Bonchev–Trinajstić information content (AvgIpc) is 2.24. The molecule has 0 fully saturated rings. The Labute approximate surface area is 106 Å². The van der Waals surface area contributed by atoms with Crippen LogP contribution in [0.15, 0.2) is 12.7 Å². The monoisotopic (exact) mass is 246 g/mol. The second kappa shape index (κ2) is 7.34. The Bertz CT molecular complexity index is 203. The van der Waals surface area contributed by atoms with Crippen molar-refractivity contribution in [1.82, 2.24) is 0 Å². The molecule has 1 N–H and O–H groups in total. The molecule has 2 heteroatoms. The molecule has 96 valence electrons. The number of halogens is 1. The van der Waals surface area contributed by atoms with E-state index >= 15 is 0 Å². The fourth-order valence-corrected chi connectivity index (χ4v) is 2.91. The molecule has 2 unspecified atom stereocenters. The summed E-state index contributed by atoms with van der Waals surface area (Å²) in [5.41, 5.74) is -0.212. The molecule has 0 bridgehead atoms. The van der Waals surface area contributed by atoms with Crippen LogP contribution in [0, 0.1) is 11.3 Å². The quantitative estimate of drug-likeness (QED) is 0.498. The summed E-state index contributed by atoms with van der Waals surface area (Å²) < 4.78 is 0. The van der Waals surface area contributed by atoms with Crippen molar-refractivity contribution in [2.75, 3.05) is 0 Å². The molecular weight excluding hydrogens is 220 g/mol. The average molecular weight is 247 g/mol. The third-order valence-electron chi connectivity index (χ3n) is 3.41. The van der Waals surface area contributed by atoms with Crippen LogP contribution >= 0.6 is 11.6 Å². The molecule has 0 saturated carbocycles. The standard InChI is InChI=1S/C14H27ClO/c1-6-9-14(7-2,8-3)13(16)12(15)10-11(4)5/h7,11-13,16H,2,6,8-10H2,1,3-5H3/t12?,13?,14-/m1/s1. The van der Waals surface area contributed by atoms with Crippen molar-refractivity contribution in [1.29, 1.82) is 0 Å². The molecule has 0 aromatic carbocycles. The van der Waals surface area contributed by atoms with E-state index < -0.39 is 6.10 Å². The molecule has 16 heavy (non-hydrogen) atoms. The second-order valence-corrected chi connectivity index (χ2v) is 5.69. The Balaban J connectivity index is 4.71. The van der Waals surface area contributed by atoms with Crippen LogP contribution in [0.2, 0.25) is 0 Å². The van der Waals surface area contributed by atoms with Crippen molar-refractivity contribution < 1.29 is 5.11 Å². The summed E-state index contributed by atoms with van der Waals surface area (Å²) in [6.07, 6.45) is 5.16. The summed E-state index contributed by atoms with van der Waals surface area (Å²) in [5, 5.41) is 10.2. The Morgan fingerprint density at radius 1 is 1.38 bits per heavy atom. The van der Waals surface area contributed by atoms with Gasteiger partial charge in [0.15, 0.2) is 0 Å². The largest absolute Gasteiger partial charge is 0.391 e. The number of hydrogen-bond acceptors (Lipinski definition) is 1. The summed E-state index contributed by atoms with van der Waals surface area (Å²) in [6, 6.07) is 0. The zero-order valence-corrected chi connectivity index (χ0v) is 11.9. The lowest BCUT2D eigenvalue weighted by molar-refractivity contribution is 0.0409. The van der Waals surface area contributed by atoms with Gasteiger partial charge in [0, 0.05) is 5.41 Å². The molecular formula is C14H27ClO. The van der Waals surface area contributed by atoms with E-state index in [4.69, 9.17) is 11.6 Å². The van der Waals surface area contributed by atoms with Gasteiger partial charge >= 0.3 is 0 Å². The molecule has 1 nitrogen and oxygen atoms in total. The summed E-state index contributed by atoms with van der Waals surface area (Å²) >= 11 is 6.31. The van der Waals surface area contributed by atoms with E-state index in [0.717, 1.165) is 25.7 Å². The molecule has 0 aromatic rings. The highest BCUT2D eigenvalue weighted by atomic mass is 35.5. The van der Waals surface area contributed by atoms with Crippen molar-refractivity contribution >= 4 is 11.6 Å². The summed E-state index contributed by atoms with van der Waals surface area (Å²) in [6.45, 7) is 12.4. The molecule has 0 heterocycles. The second-order valence-electron chi connectivity index (χ2n) is 5.13. The Morgan fingerprint density at radius 3 is 2.25 bits per heavy atom. The maximum Gasteiger partial charge on any atom is 0.0794 e. The van der Waals surface area contributed by atoms with Gasteiger partial charge in [-0.3, -0.25) is 0 Å². The van der Waals surface area contributed by atoms with E-state index in [1.807, 2.05) is 6.08 Å². The Kier molecular flexibility index (Phi) is 7.34. The minimum absolute atomic E-state index is 0.176. The molecule has 0 aliphatic rings. The van der Waals surface area contributed by atoms with Crippen LogP contribution in [0.25, 0.3) is 0 Å². The molecule has 0 aromatic heterocycles. The van der Waals surface area contributed by atoms with Crippen molar-refractivity contribution in [2.24, 2.45) is 11.3 Å². The van der Waals surface area contributed by atoms with Gasteiger partial charge in [0.1, 0.15) is 0 Å². The first-order valence-electron chi connectivity index (χ1n) is 6.39. The molecule has 3 atom stereocenters. The number of aliphatic hydroxyl groups is 1. The number of hydrogen-bond donors (Lipinski definition) is 1. The summed E-state index contributed by atoms with van der Waals surface area (Å²) in [7, 11) is 0. The highest BCUT2D eigenvalue weighted by Gasteiger charge is 2.36. The van der Waals surface area contributed by atoms with E-state index in [9.17, 15) is 5.11 Å². The molecule has 0 spiro atoms. The van der Waals surface area contributed by atoms with Gasteiger partial charge in [-0.05, 0) is 25.2 Å². The summed E-state index contributed by atoms with van der Waals surface area (Å²) in [5.74, 6) is 0.512. The highest BCUT2D eigenvalue weighted by Crippen LogP contribution is 2.37. The lowest BCUT2D eigenvalue weighted by atomic mass is 9.74. The van der Waals surface area contributed by atoms with Crippen LogP contribution in [0.4, 0.5) is 0 Å². The van der Waals surface area contributed by atoms with Crippen molar-refractivity contribution in [3.05, 3.63) is 12.7 Å². The predicted octanol–water partition coefficient (Wildman–Crippen LogP) is 4.38.